The van der Waals surface area contributed by atoms with Crippen molar-refractivity contribution in [1.29, 1.82) is 0 Å². The van der Waals surface area contributed by atoms with Crippen molar-refractivity contribution in [2.24, 2.45) is 5.92 Å². The quantitative estimate of drug-likeness (QED) is 0.730. The molecule has 0 saturated carbocycles. The molecule has 0 aromatic rings. The Hall–Kier alpha value is -0.315. The van der Waals surface area contributed by atoms with Gasteiger partial charge in [0.2, 0.25) is 0 Å². The van der Waals surface area contributed by atoms with Crippen LogP contribution in [0, 0.1) is 5.92 Å². The Morgan fingerprint density at radius 1 is 1.26 bits per heavy atom. The van der Waals surface area contributed by atoms with Crippen molar-refractivity contribution < 1.29 is 14.0 Å². The van der Waals surface area contributed by atoms with Crippen molar-refractivity contribution in [1.82, 2.24) is 0 Å². The van der Waals surface area contributed by atoms with E-state index in [1.54, 1.807) is 0 Å². The lowest BCUT2D eigenvalue weighted by molar-refractivity contribution is 0.00578. The van der Waals surface area contributed by atoms with Crippen molar-refractivity contribution in [2.45, 2.75) is 65.1 Å². The first-order valence-electron chi connectivity index (χ1n) is 7.48. The summed E-state index contributed by atoms with van der Waals surface area (Å²) in [6, 6.07) is 0. The van der Waals surface area contributed by atoms with E-state index in [2.05, 4.69) is 40.7 Å². The van der Waals surface area contributed by atoms with Crippen LogP contribution in [0.1, 0.15) is 53.9 Å². The molecule has 0 radical (unpaired) electrons. The van der Waals surface area contributed by atoms with Crippen LogP contribution in [-0.2, 0) is 14.0 Å². The van der Waals surface area contributed by atoms with Crippen LogP contribution in [-0.4, -0.2) is 31.5 Å². The Labute approximate surface area is 117 Å². The highest BCUT2D eigenvalue weighted by molar-refractivity contribution is 6.54. The molecule has 1 heterocycles. The fourth-order valence-corrected chi connectivity index (χ4v) is 2.55. The molecule has 1 unspecified atom stereocenters. The summed E-state index contributed by atoms with van der Waals surface area (Å²) in [4.78, 5) is 0. The van der Waals surface area contributed by atoms with E-state index in [0.717, 1.165) is 26.1 Å². The van der Waals surface area contributed by atoms with Crippen molar-refractivity contribution in [2.75, 3.05) is 13.2 Å². The van der Waals surface area contributed by atoms with Crippen LogP contribution in [0.15, 0.2) is 11.5 Å². The van der Waals surface area contributed by atoms with Gasteiger partial charge in [-0.3, -0.25) is 0 Å². The van der Waals surface area contributed by atoms with Crippen molar-refractivity contribution in [3.8, 4) is 0 Å². The highest BCUT2D eigenvalue weighted by atomic mass is 16.7. The van der Waals surface area contributed by atoms with Gasteiger partial charge in [-0.25, -0.2) is 0 Å². The smallest absolute Gasteiger partial charge is 0.400 e. The van der Waals surface area contributed by atoms with Gasteiger partial charge in [0, 0.05) is 13.2 Å². The summed E-state index contributed by atoms with van der Waals surface area (Å²) in [5, 5.41) is 0. The summed E-state index contributed by atoms with van der Waals surface area (Å²) in [5.74, 6) is 0.658. The topological polar surface area (TPSA) is 27.7 Å². The summed E-state index contributed by atoms with van der Waals surface area (Å²) in [5.41, 5.74) is 0.841. The second-order valence-electron chi connectivity index (χ2n) is 6.67. The molecule has 3 nitrogen and oxygen atoms in total. The molecule has 0 N–H and O–H groups in total. The van der Waals surface area contributed by atoms with Crippen LogP contribution in [0.5, 0.6) is 0 Å². The molecule has 0 bridgehead atoms. The molecule has 0 spiro atoms. The van der Waals surface area contributed by atoms with Gasteiger partial charge in [-0.15, -0.1) is 0 Å². The first kappa shape index (κ1) is 15.1. The number of hydrogen-bond donors (Lipinski definition) is 0. The lowest BCUT2D eigenvalue weighted by Gasteiger charge is -2.32. The fraction of sp³-hybridized carbons (Fsp3) is 0.867. The van der Waals surface area contributed by atoms with Gasteiger partial charge in [-0.05, 0) is 65.3 Å². The lowest BCUT2D eigenvalue weighted by Crippen LogP contribution is -2.41. The maximum atomic E-state index is 6.10. The molecule has 108 valence electrons. The SMILES string of the molecule is CCOCC1CC=C(B2OC(C)(C)C(C)(C)O2)CC1. The third-order valence-electron chi connectivity index (χ3n) is 4.67. The maximum Gasteiger partial charge on any atom is 0.490 e. The van der Waals surface area contributed by atoms with E-state index < -0.39 is 0 Å². The Morgan fingerprint density at radius 2 is 1.89 bits per heavy atom. The zero-order chi connectivity index (χ0) is 14.1. The Morgan fingerprint density at radius 3 is 2.37 bits per heavy atom. The van der Waals surface area contributed by atoms with Crippen LogP contribution in [0.25, 0.3) is 0 Å². The van der Waals surface area contributed by atoms with Gasteiger partial charge in [0.05, 0.1) is 11.2 Å². The predicted octanol–water partition coefficient (Wildman–Crippen LogP) is 3.38. The Bertz CT molecular complexity index is 333. The van der Waals surface area contributed by atoms with Gasteiger partial charge in [0.25, 0.3) is 0 Å². The minimum Gasteiger partial charge on any atom is -0.400 e. The summed E-state index contributed by atoms with van der Waals surface area (Å²) in [6.45, 7) is 12.2. The Kier molecular flexibility index (Phi) is 4.43. The van der Waals surface area contributed by atoms with Crippen LogP contribution in [0.4, 0.5) is 0 Å². The lowest BCUT2D eigenvalue weighted by atomic mass is 9.71. The van der Waals surface area contributed by atoms with Crippen molar-refractivity contribution in [3.63, 3.8) is 0 Å². The second-order valence-corrected chi connectivity index (χ2v) is 6.67. The molecule has 1 atom stereocenters. The van der Waals surface area contributed by atoms with Gasteiger partial charge < -0.3 is 14.0 Å². The molecule has 2 rings (SSSR count). The second kappa shape index (κ2) is 5.59. The van der Waals surface area contributed by atoms with Crippen LogP contribution >= 0.6 is 0 Å². The van der Waals surface area contributed by atoms with Crippen LogP contribution < -0.4 is 0 Å². The van der Waals surface area contributed by atoms with E-state index in [0.29, 0.717) is 5.92 Å². The maximum absolute atomic E-state index is 6.10. The molecule has 4 heteroatoms. The molecule has 0 aromatic carbocycles. The van der Waals surface area contributed by atoms with E-state index in [9.17, 15) is 0 Å². The molecule has 0 amide bonds. The number of rotatable bonds is 4. The predicted molar refractivity (Wildman–Crippen MR) is 78.0 cm³/mol. The summed E-state index contributed by atoms with van der Waals surface area (Å²) in [6.07, 6.45) is 5.62. The fourth-order valence-electron chi connectivity index (χ4n) is 2.55. The molecular formula is C15H27BO3. The molecule has 0 aromatic heterocycles. The Balaban J connectivity index is 1.93. The van der Waals surface area contributed by atoms with E-state index in [-0.39, 0.29) is 18.3 Å². The summed E-state index contributed by atoms with van der Waals surface area (Å²) in [7, 11) is -0.155. The van der Waals surface area contributed by atoms with E-state index >= 15 is 0 Å². The van der Waals surface area contributed by atoms with E-state index in [4.69, 9.17) is 14.0 Å². The van der Waals surface area contributed by atoms with Crippen molar-refractivity contribution in [3.05, 3.63) is 11.5 Å². The largest absolute Gasteiger partial charge is 0.490 e. The van der Waals surface area contributed by atoms with Gasteiger partial charge in [-0.2, -0.15) is 0 Å². The zero-order valence-corrected chi connectivity index (χ0v) is 13.0. The monoisotopic (exact) mass is 266 g/mol. The molecule has 1 saturated heterocycles. The van der Waals surface area contributed by atoms with Gasteiger partial charge in [0.15, 0.2) is 0 Å². The zero-order valence-electron chi connectivity index (χ0n) is 13.0. The summed E-state index contributed by atoms with van der Waals surface area (Å²) >= 11 is 0. The molecule has 2 aliphatic rings. The molecule has 19 heavy (non-hydrogen) atoms. The minimum atomic E-state index is -0.235. The normalized spacial score (nSPS) is 29.4. The van der Waals surface area contributed by atoms with E-state index in [1.807, 2.05) is 0 Å². The first-order valence-corrected chi connectivity index (χ1v) is 7.48. The molecule has 1 aliphatic carbocycles. The molecule has 1 fully saturated rings. The minimum absolute atomic E-state index is 0.155. The van der Waals surface area contributed by atoms with Crippen LogP contribution in [0.3, 0.4) is 0 Å². The number of hydrogen-bond acceptors (Lipinski definition) is 3. The van der Waals surface area contributed by atoms with E-state index in [1.165, 1.54) is 11.9 Å². The van der Waals surface area contributed by atoms with Gasteiger partial charge >= 0.3 is 7.12 Å². The average Bonchev–Trinajstić information content (AvgIpc) is 2.56. The molecular weight excluding hydrogens is 239 g/mol. The van der Waals surface area contributed by atoms with Gasteiger partial charge in [-0.1, -0.05) is 6.08 Å². The number of allylic oxidation sites excluding steroid dienone is 2. The van der Waals surface area contributed by atoms with Crippen molar-refractivity contribution >= 4 is 7.12 Å². The number of ether oxygens (including phenoxy) is 1. The standard InChI is InChI=1S/C15H27BO3/c1-6-17-11-12-7-9-13(10-8-12)16-18-14(2,3)15(4,5)19-16/h9,12H,6-8,10-11H2,1-5H3. The summed E-state index contributed by atoms with van der Waals surface area (Å²) < 4.78 is 17.7. The highest BCUT2D eigenvalue weighted by Gasteiger charge is 2.52. The third kappa shape index (κ3) is 3.23. The average molecular weight is 266 g/mol. The third-order valence-corrected chi connectivity index (χ3v) is 4.67. The molecule has 1 aliphatic heterocycles. The first-order chi connectivity index (χ1) is 8.86. The van der Waals surface area contributed by atoms with Crippen LogP contribution in [0.2, 0.25) is 0 Å². The highest BCUT2D eigenvalue weighted by Crippen LogP contribution is 2.40. The van der Waals surface area contributed by atoms with Gasteiger partial charge in [0.1, 0.15) is 0 Å².